The molecule has 2 rings (SSSR count). The van der Waals surface area contributed by atoms with Crippen LogP contribution in [0.15, 0.2) is 24.3 Å². The van der Waals surface area contributed by atoms with Gasteiger partial charge in [0.1, 0.15) is 5.60 Å². The Balaban J connectivity index is 1.99. The van der Waals surface area contributed by atoms with Crippen LogP contribution in [0, 0.1) is 0 Å². The Morgan fingerprint density at radius 2 is 1.90 bits per heavy atom. The molecule has 0 aliphatic carbocycles. The van der Waals surface area contributed by atoms with Gasteiger partial charge >= 0.3 is 6.09 Å². The summed E-state index contributed by atoms with van der Waals surface area (Å²) in [7, 11) is 0. The molecule has 2 N–H and O–H groups in total. The molecule has 0 aromatic heterocycles. The third kappa shape index (κ3) is 4.13. The number of hydrogen-bond acceptors (Lipinski definition) is 3. The second-order valence-electron chi connectivity index (χ2n) is 6.91. The van der Waals surface area contributed by atoms with Crippen LogP contribution < -0.4 is 5.73 Å². The van der Waals surface area contributed by atoms with E-state index >= 15 is 0 Å². The highest BCUT2D eigenvalue weighted by molar-refractivity contribution is 5.68. The average Bonchev–Trinajstić information content (AvgIpc) is 2.37. The van der Waals surface area contributed by atoms with E-state index in [9.17, 15) is 4.79 Å². The van der Waals surface area contributed by atoms with Crippen LogP contribution in [0.3, 0.4) is 0 Å². The summed E-state index contributed by atoms with van der Waals surface area (Å²) in [6.45, 7) is 8.53. The molecular formula is C17H26N2O2. The maximum absolute atomic E-state index is 12.2. The maximum atomic E-state index is 12.2. The molecule has 1 amide bonds. The molecule has 0 saturated carbocycles. The number of carbonyl (C=O) groups excluding carboxylic acids is 1. The number of anilines is 1. The van der Waals surface area contributed by atoms with Crippen molar-refractivity contribution in [3.63, 3.8) is 0 Å². The average molecular weight is 290 g/mol. The highest BCUT2D eigenvalue weighted by atomic mass is 16.6. The Bertz CT molecular complexity index is 491. The van der Waals surface area contributed by atoms with Gasteiger partial charge in [-0.1, -0.05) is 12.1 Å². The maximum Gasteiger partial charge on any atom is 0.410 e. The van der Waals surface area contributed by atoms with Gasteiger partial charge in [0.2, 0.25) is 0 Å². The smallest absolute Gasteiger partial charge is 0.410 e. The number of rotatable bonds is 1. The predicted octanol–water partition coefficient (Wildman–Crippen LogP) is 3.77. The van der Waals surface area contributed by atoms with E-state index in [0.717, 1.165) is 25.1 Å². The zero-order chi connectivity index (χ0) is 15.6. The summed E-state index contributed by atoms with van der Waals surface area (Å²) in [5.41, 5.74) is 7.39. The van der Waals surface area contributed by atoms with Gasteiger partial charge in [-0.2, -0.15) is 0 Å². The van der Waals surface area contributed by atoms with Gasteiger partial charge in [0.05, 0.1) is 0 Å². The summed E-state index contributed by atoms with van der Waals surface area (Å²) in [5, 5.41) is 0. The summed E-state index contributed by atoms with van der Waals surface area (Å²) >= 11 is 0. The third-order valence-corrected chi connectivity index (χ3v) is 3.91. The summed E-state index contributed by atoms with van der Waals surface area (Å²) in [6, 6.07) is 8.27. The second kappa shape index (κ2) is 5.96. The van der Waals surface area contributed by atoms with E-state index in [1.807, 2.05) is 37.8 Å². The van der Waals surface area contributed by atoms with Crippen LogP contribution >= 0.6 is 0 Å². The lowest BCUT2D eigenvalue weighted by Gasteiger charge is -2.38. The molecular weight excluding hydrogens is 264 g/mol. The van der Waals surface area contributed by atoms with E-state index in [2.05, 4.69) is 19.1 Å². The van der Waals surface area contributed by atoms with Gasteiger partial charge < -0.3 is 15.4 Å². The molecule has 4 heteroatoms. The summed E-state index contributed by atoms with van der Waals surface area (Å²) < 4.78 is 5.47. The number of amides is 1. The number of benzene rings is 1. The van der Waals surface area contributed by atoms with E-state index in [-0.39, 0.29) is 12.1 Å². The van der Waals surface area contributed by atoms with Crippen molar-refractivity contribution < 1.29 is 9.53 Å². The summed E-state index contributed by atoms with van der Waals surface area (Å²) in [5.74, 6) is 0.485. The van der Waals surface area contributed by atoms with Crippen molar-refractivity contribution in [1.82, 2.24) is 4.90 Å². The summed E-state index contributed by atoms with van der Waals surface area (Å²) in [4.78, 5) is 14.0. The SMILES string of the molecule is C[C@@H]1C[C@H](c2ccc(N)cc2)CCN1C(=O)OC(C)(C)C. The highest BCUT2D eigenvalue weighted by Gasteiger charge is 2.32. The molecule has 0 bridgehead atoms. The van der Waals surface area contributed by atoms with E-state index in [1.54, 1.807) is 0 Å². The largest absolute Gasteiger partial charge is 0.444 e. The number of likely N-dealkylation sites (tertiary alicyclic amines) is 1. The quantitative estimate of drug-likeness (QED) is 0.801. The highest BCUT2D eigenvalue weighted by Crippen LogP contribution is 2.32. The molecule has 1 saturated heterocycles. The predicted molar refractivity (Wildman–Crippen MR) is 85.2 cm³/mol. The zero-order valence-corrected chi connectivity index (χ0v) is 13.4. The van der Waals surface area contributed by atoms with Gasteiger partial charge in [-0.05, 0) is 64.2 Å². The number of ether oxygens (including phenoxy) is 1. The van der Waals surface area contributed by atoms with Gasteiger partial charge in [0.25, 0.3) is 0 Å². The van der Waals surface area contributed by atoms with E-state index < -0.39 is 5.60 Å². The molecule has 21 heavy (non-hydrogen) atoms. The first-order valence-electron chi connectivity index (χ1n) is 7.61. The summed E-state index contributed by atoms with van der Waals surface area (Å²) in [6.07, 6.45) is 1.72. The van der Waals surface area contributed by atoms with Gasteiger partial charge in [-0.25, -0.2) is 4.79 Å². The fourth-order valence-electron chi connectivity index (χ4n) is 2.83. The van der Waals surface area contributed by atoms with E-state index in [0.29, 0.717) is 5.92 Å². The first-order chi connectivity index (χ1) is 9.76. The molecule has 4 nitrogen and oxygen atoms in total. The molecule has 0 radical (unpaired) electrons. The van der Waals surface area contributed by atoms with Crippen LogP contribution in [0.2, 0.25) is 0 Å². The minimum atomic E-state index is -0.440. The molecule has 116 valence electrons. The third-order valence-electron chi connectivity index (χ3n) is 3.91. The van der Waals surface area contributed by atoms with Crippen molar-refractivity contribution in [3.05, 3.63) is 29.8 Å². The molecule has 1 aliphatic rings. The van der Waals surface area contributed by atoms with Gasteiger partial charge in [0, 0.05) is 18.3 Å². The molecule has 1 aromatic rings. The van der Waals surface area contributed by atoms with Crippen molar-refractivity contribution in [2.75, 3.05) is 12.3 Å². The number of carbonyl (C=O) groups is 1. The van der Waals surface area contributed by atoms with E-state index in [1.165, 1.54) is 5.56 Å². The number of nitrogens with two attached hydrogens (primary N) is 1. The van der Waals surface area contributed by atoms with Gasteiger partial charge in [-0.15, -0.1) is 0 Å². The van der Waals surface area contributed by atoms with Crippen LogP contribution in [0.25, 0.3) is 0 Å². The fraction of sp³-hybridized carbons (Fsp3) is 0.588. The molecule has 0 unspecified atom stereocenters. The van der Waals surface area contributed by atoms with Crippen molar-refractivity contribution in [1.29, 1.82) is 0 Å². The molecule has 1 heterocycles. The standard InChI is InChI=1S/C17H26N2O2/c1-12-11-14(13-5-7-15(18)8-6-13)9-10-19(12)16(20)21-17(2,3)4/h5-8,12,14H,9-11,18H2,1-4H3/t12-,14-/m1/s1. The molecule has 1 aliphatic heterocycles. The number of nitrogen functional groups attached to an aromatic ring is 1. The van der Waals surface area contributed by atoms with Crippen molar-refractivity contribution in [3.8, 4) is 0 Å². The van der Waals surface area contributed by atoms with Gasteiger partial charge in [-0.3, -0.25) is 0 Å². The minimum absolute atomic E-state index is 0.191. The molecule has 1 fully saturated rings. The normalized spacial score (nSPS) is 23.0. The molecule has 1 aromatic carbocycles. The minimum Gasteiger partial charge on any atom is -0.444 e. The van der Waals surface area contributed by atoms with Crippen LogP contribution in [0.4, 0.5) is 10.5 Å². The number of piperidine rings is 1. The Labute approximate surface area is 127 Å². The van der Waals surface area contributed by atoms with Crippen LogP contribution in [0.1, 0.15) is 52.0 Å². The lowest BCUT2D eigenvalue weighted by Crippen LogP contribution is -2.46. The van der Waals surface area contributed by atoms with Crippen molar-refractivity contribution in [2.24, 2.45) is 0 Å². The van der Waals surface area contributed by atoms with Gasteiger partial charge in [0.15, 0.2) is 0 Å². The second-order valence-corrected chi connectivity index (χ2v) is 6.91. The lowest BCUT2D eigenvalue weighted by molar-refractivity contribution is 0.0104. The van der Waals surface area contributed by atoms with Crippen LogP contribution in [-0.4, -0.2) is 29.2 Å². The van der Waals surface area contributed by atoms with Crippen molar-refractivity contribution >= 4 is 11.8 Å². The van der Waals surface area contributed by atoms with Crippen LogP contribution in [-0.2, 0) is 4.74 Å². The topological polar surface area (TPSA) is 55.6 Å². The first-order valence-corrected chi connectivity index (χ1v) is 7.61. The number of nitrogens with zero attached hydrogens (tertiary/aromatic N) is 1. The monoisotopic (exact) mass is 290 g/mol. The Morgan fingerprint density at radius 3 is 2.43 bits per heavy atom. The Kier molecular flexibility index (Phi) is 4.45. The Morgan fingerprint density at radius 1 is 1.29 bits per heavy atom. The van der Waals surface area contributed by atoms with Crippen LogP contribution in [0.5, 0.6) is 0 Å². The number of hydrogen-bond donors (Lipinski definition) is 1. The Hall–Kier alpha value is -1.71. The van der Waals surface area contributed by atoms with Crippen molar-refractivity contribution in [2.45, 2.75) is 58.1 Å². The molecule has 2 atom stereocenters. The van der Waals surface area contributed by atoms with E-state index in [4.69, 9.17) is 10.5 Å². The molecule has 0 spiro atoms. The fourth-order valence-corrected chi connectivity index (χ4v) is 2.83. The zero-order valence-electron chi connectivity index (χ0n) is 13.4. The first kappa shape index (κ1) is 15.7. The lowest BCUT2D eigenvalue weighted by atomic mass is 9.86.